The average molecular weight is 460 g/mol. The van der Waals surface area contributed by atoms with Crippen LogP contribution in [0.2, 0.25) is 0 Å². The molecule has 2 aromatic rings. The number of benzene rings is 1. The smallest absolute Gasteiger partial charge is 0.244 e. The van der Waals surface area contributed by atoms with Crippen molar-refractivity contribution < 1.29 is 17.9 Å². The highest BCUT2D eigenvalue weighted by atomic mass is 32.2. The standard InChI is InChI=1S/C24H33N3O4S/c1-19-6-8-22(30-2)21(16-19)24(10-14-31-15-11-24)18-26-23-9-7-20(17-25-23)32(28,29)27-12-4-3-5-13-27/h6-9,16-17H,3-5,10-15,18H2,1-2H3,(H,25,26). The summed E-state index contributed by atoms with van der Waals surface area (Å²) in [7, 11) is -1.77. The third kappa shape index (κ3) is 4.77. The zero-order chi connectivity index (χ0) is 22.6. The molecule has 3 heterocycles. The fourth-order valence-electron chi connectivity index (χ4n) is 4.69. The van der Waals surface area contributed by atoms with Gasteiger partial charge < -0.3 is 14.8 Å². The lowest BCUT2D eigenvalue weighted by Gasteiger charge is -2.39. The van der Waals surface area contributed by atoms with E-state index in [9.17, 15) is 8.42 Å². The van der Waals surface area contributed by atoms with Gasteiger partial charge in [-0.2, -0.15) is 4.31 Å². The van der Waals surface area contributed by atoms with E-state index in [4.69, 9.17) is 9.47 Å². The fraction of sp³-hybridized carbons (Fsp3) is 0.542. The molecule has 2 saturated heterocycles. The number of nitrogens with one attached hydrogen (secondary N) is 1. The maximum atomic E-state index is 12.9. The number of methoxy groups -OCH3 is 1. The molecule has 2 fully saturated rings. The molecule has 2 aliphatic rings. The van der Waals surface area contributed by atoms with Crippen molar-refractivity contribution in [1.82, 2.24) is 9.29 Å². The van der Waals surface area contributed by atoms with E-state index in [-0.39, 0.29) is 10.3 Å². The van der Waals surface area contributed by atoms with Crippen molar-refractivity contribution in [2.45, 2.75) is 49.3 Å². The number of ether oxygens (including phenoxy) is 2. The predicted molar refractivity (Wildman–Crippen MR) is 125 cm³/mol. The molecule has 1 aromatic heterocycles. The van der Waals surface area contributed by atoms with E-state index in [1.54, 1.807) is 23.5 Å². The minimum Gasteiger partial charge on any atom is -0.496 e. The molecule has 0 radical (unpaired) electrons. The van der Waals surface area contributed by atoms with Gasteiger partial charge in [0.05, 0.1) is 7.11 Å². The molecule has 0 saturated carbocycles. The van der Waals surface area contributed by atoms with Crippen LogP contribution in [-0.4, -0.2) is 57.7 Å². The number of rotatable bonds is 7. The lowest BCUT2D eigenvalue weighted by Crippen LogP contribution is -2.40. The Labute approximate surface area is 191 Å². The van der Waals surface area contributed by atoms with E-state index in [0.29, 0.717) is 38.7 Å². The third-order valence-electron chi connectivity index (χ3n) is 6.67. The first-order valence-electron chi connectivity index (χ1n) is 11.4. The van der Waals surface area contributed by atoms with E-state index >= 15 is 0 Å². The Morgan fingerprint density at radius 3 is 2.53 bits per heavy atom. The lowest BCUT2D eigenvalue weighted by atomic mass is 9.73. The van der Waals surface area contributed by atoms with Gasteiger partial charge in [-0.15, -0.1) is 0 Å². The zero-order valence-corrected chi connectivity index (χ0v) is 19.8. The molecule has 1 aromatic carbocycles. The maximum Gasteiger partial charge on any atom is 0.244 e. The Morgan fingerprint density at radius 2 is 1.88 bits per heavy atom. The number of sulfonamides is 1. The number of aryl methyl sites for hydroxylation is 1. The highest BCUT2D eigenvalue weighted by molar-refractivity contribution is 7.89. The molecule has 0 spiro atoms. The normalized spacial score (nSPS) is 19.4. The number of pyridine rings is 1. The van der Waals surface area contributed by atoms with Crippen molar-refractivity contribution in [2.24, 2.45) is 0 Å². The molecule has 1 N–H and O–H groups in total. The topological polar surface area (TPSA) is 80.8 Å². The predicted octanol–water partition coefficient (Wildman–Crippen LogP) is 3.73. The van der Waals surface area contributed by atoms with Crippen molar-refractivity contribution >= 4 is 15.8 Å². The molecule has 0 atom stereocenters. The Morgan fingerprint density at radius 1 is 1.12 bits per heavy atom. The van der Waals surface area contributed by atoms with E-state index in [0.717, 1.165) is 37.9 Å². The van der Waals surface area contributed by atoms with E-state index < -0.39 is 10.0 Å². The Hall–Kier alpha value is -2.16. The van der Waals surface area contributed by atoms with Gasteiger partial charge in [-0.25, -0.2) is 13.4 Å². The van der Waals surface area contributed by atoms with Crippen LogP contribution in [0.4, 0.5) is 5.82 Å². The summed E-state index contributed by atoms with van der Waals surface area (Å²) in [5, 5.41) is 3.45. The summed E-state index contributed by atoms with van der Waals surface area (Å²) in [5.74, 6) is 1.55. The minimum atomic E-state index is -3.47. The highest BCUT2D eigenvalue weighted by Crippen LogP contribution is 2.40. The lowest BCUT2D eigenvalue weighted by molar-refractivity contribution is 0.0535. The van der Waals surface area contributed by atoms with Crippen molar-refractivity contribution in [1.29, 1.82) is 0 Å². The van der Waals surface area contributed by atoms with Crippen LogP contribution < -0.4 is 10.1 Å². The summed E-state index contributed by atoms with van der Waals surface area (Å²) in [6.07, 6.45) is 6.14. The highest BCUT2D eigenvalue weighted by Gasteiger charge is 2.37. The van der Waals surface area contributed by atoms with Crippen LogP contribution in [0.5, 0.6) is 5.75 Å². The molecule has 0 aliphatic carbocycles. The summed E-state index contributed by atoms with van der Waals surface area (Å²) < 4.78 is 38.7. The Bertz CT molecular complexity index is 1010. The van der Waals surface area contributed by atoms with Crippen molar-refractivity contribution in [3.8, 4) is 5.75 Å². The van der Waals surface area contributed by atoms with Crippen molar-refractivity contribution in [3.63, 3.8) is 0 Å². The molecule has 0 bridgehead atoms. The minimum absolute atomic E-state index is 0.143. The van der Waals surface area contributed by atoms with Crippen LogP contribution >= 0.6 is 0 Å². The van der Waals surface area contributed by atoms with Gasteiger partial charge >= 0.3 is 0 Å². The molecule has 7 nitrogen and oxygen atoms in total. The Balaban J connectivity index is 1.52. The van der Waals surface area contributed by atoms with Gasteiger partial charge in [-0.1, -0.05) is 24.1 Å². The molecule has 0 unspecified atom stereocenters. The monoisotopic (exact) mass is 459 g/mol. The van der Waals surface area contributed by atoms with Crippen molar-refractivity contribution in [3.05, 3.63) is 47.7 Å². The summed E-state index contributed by atoms with van der Waals surface area (Å²) in [4.78, 5) is 4.69. The number of aromatic nitrogens is 1. The average Bonchev–Trinajstić information content (AvgIpc) is 2.84. The number of hydrogen-bond donors (Lipinski definition) is 1. The van der Waals surface area contributed by atoms with Gasteiger partial charge in [-0.05, 0) is 50.8 Å². The summed E-state index contributed by atoms with van der Waals surface area (Å²) in [6.45, 7) is 5.32. The number of piperidine rings is 1. The molecular weight excluding hydrogens is 426 g/mol. The first-order valence-corrected chi connectivity index (χ1v) is 12.8. The molecule has 32 heavy (non-hydrogen) atoms. The molecule has 0 amide bonds. The Kier molecular flexibility index (Phi) is 7.02. The van der Waals surface area contributed by atoms with Crippen LogP contribution in [0.15, 0.2) is 41.4 Å². The molecule has 8 heteroatoms. The van der Waals surface area contributed by atoms with Gasteiger partial charge in [-0.3, -0.25) is 0 Å². The first-order chi connectivity index (χ1) is 15.4. The van der Waals surface area contributed by atoms with Gasteiger partial charge in [0.2, 0.25) is 10.0 Å². The van der Waals surface area contributed by atoms with Crippen LogP contribution in [0.3, 0.4) is 0 Å². The maximum absolute atomic E-state index is 12.9. The second kappa shape index (κ2) is 9.77. The van der Waals surface area contributed by atoms with E-state index in [1.165, 1.54) is 17.3 Å². The zero-order valence-electron chi connectivity index (χ0n) is 19.0. The second-order valence-corrected chi connectivity index (χ2v) is 10.7. The SMILES string of the molecule is COc1ccc(C)cc1C1(CNc2ccc(S(=O)(=O)N3CCCCC3)cn2)CCOCC1. The largest absolute Gasteiger partial charge is 0.496 e. The van der Waals surface area contributed by atoms with Crippen LogP contribution in [0.25, 0.3) is 0 Å². The molecule has 174 valence electrons. The summed E-state index contributed by atoms with van der Waals surface area (Å²) in [5.41, 5.74) is 2.23. The van der Waals surface area contributed by atoms with E-state index in [1.807, 2.05) is 6.07 Å². The number of anilines is 1. The molecule has 2 aliphatic heterocycles. The first kappa shape index (κ1) is 23.0. The number of nitrogens with zero attached hydrogens (tertiary/aromatic N) is 2. The van der Waals surface area contributed by atoms with Gasteiger partial charge in [0.15, 0.2) is 0 Å². The van der Waals surface area contributed by atoms with Gasteiger partial charge in [0, 0.05) is 50.0 Å². The van der Waals surface area contributed by atoms with Crippen LogP contribution in [-0.2, 0) is 20.2 Å². The van der Waals surface area contributed by atoms with Crippen molar-refractivity contribution in [2.75, 3.05) is 45.3 Å². The van der Waals surface area contributed by atoms with Gasteiger partial charge in [0.25, 0.3) is 0 Å². The fourth-order valence-corrected chi connectivity index (χ4v) is 6.15. The molecular formula is C24H33N3O4S. The van der Waals surface area contributed by atoms with Gasteiger partial charge in [0.1, 0.15) is 16.5 Å². The quantitative estimate of drug-likeness (QED) is 0.680. The van der Waals surface area contributed by atoms with Crippen LogP contribution in [0, 0.1) is 6.92 Å². The van der Waals surface area contributed by atoms with E-state index in [2.05, 4.69) is 29.4 Å². The molecule has 4 rings (SSSR count). The third-order valence-corrected chi connectivity index (χ3v) is 8.56. The number of hydrogen-bond acceptors (Lipinski definition) is 6. The summed E-state index contributed by atoms with van der Waals surface area (Å²) in [6, 6.07) is 9.71. The van der Waals surface area contributed by atoms with Crippen LogP contribution in [0.1, 0.15) is 43.2 Å². The second-order valence-electron chi connectivity index (χ2n) is 8.79. The summed E-state index contributed by atoms with van der Waals surface area (Å²) >= 11 is 0.